The van der Waals surface area contributed by atoms with Crippen molar-refractivity contribution < 1.29 is 14.7 Å². The molecule has 1 aromatic heterocycles. The number of pyridine rings is 1. The zero-order valence-electron chi connectivity index (χ0n) is 6.57. The molecule has 1 aliphatic rings. The van der Waals surface area contributed by atoms with Crippen molar-refractivity contribution in [3.05, 3.63) is 23.4 Å². The second kappa shape index (κ2) is 2.55. The van der Waals surface area contributed by atoms with Crippen molar-refractivity contribution in [2.24, 2.45) is 0 Å². The average Bonchev–Trinajstić information content (AvgIpc) is 2.42. The number of carboxylic acid groups (broad SMARTS) is 1. The normalized spacial score (nSPS) is 13.7. The highest BCUT2D eigenvalue weighted by molar-refractivity contribution is 5.98. The lowest BCUT2D eigenvalue weighted by molar-refractivity contribution is -0.115. The van der Waals surface area contributed by atoms with Crippen LogP contribution in [0.5, 0.6) is 0 Å². The first-order valence-electron chi connectivity index (χ1n) is 3.70. The second-order valence-corrected chi connectivity index (χ2v) is 2.73. The van der Waals surface area contributed by atoms with Gasteiger partial charge in [0.15, 0.2) is 5.69 Å². The van der Waals surface area contributed by atoms with Crippen LogP contribution in [0.25, 0.3) is 0 Å². The van der Waals surface area contributed by atoms with Gasteiger partial charge in [-0.3, -0.25) is 4.79 Å². The van der Waals surface area contributed by atoms with Gasteiger partial charge in [-0.1, -0.05) is 6.07 Å². The van der Waals surface area contributed by atoms with Crippen molar-refractivity contribution in [2.45, 2.75) is 6.42 Å². The minimum absolute atomic E-state index is 0.0547. The number of carbonyl (C=O) groups is 2. The van der Waals surface area contributed by atoms with Crippen LogP contribution >= 0.6 is 0 Å². The molecule has 0 fully saturated rings. The Hall–Kier alpha value is -1.91. The van der Waals surface area contributed by atoms with Gasteiger partial charge in [-0.2, -0.15) is 0 Å². The molecule has 2 heterocycles. The Morgan fingerprint density at radius 2 is 2.31 bits per heavy atom. The molecule has 5 heteroatoms. The third-order valence-corrected chi connectivity index (χ3v) is 1.81. The third-order valence-electron chi connectivity index (χ3n) is 1.81. The van der Waals surface area contributed by atoms with Gasteiger partial charge in [0.2, 0.25) is 5.91 Å². The first kappa shape index (κ1) is 7.72. The van der Waals surface area contributed by atoms with Crippen LogP contribution in [0, 0.1) is 0 Å². The van der Waals surface area contributed by atoms with Crippen LogP contribution in [0.2, 0.25) is 0 Å². The Labute approximate surface area is 73.4 Å². The van der Waals surface area contributed by atoms with E-state index in [0.29, 0.717) is 5.82 Å². The van der Waals surface area contributed by atoms with Crippen LogP contribution < -0.4 is 5.32 Å². The van der Waals surface area contributed by atoms with Crippen LogP contribution in [-0.4, -0.2) is 22.0 Å². The molecule has 0 bridgehead atoms. The number of hydrogen-bond acceptors (Lipinski definition) is 3. The molecular weight excluding hydrogens is 172 g/mol. The molecule has 66 valence electrons. The van der Waals surface area contributed by atoms with E-state index in [1.165, 1.54) is 6.07 Å². The standard InChI is InChI=1S/C8H6N2O3/c11-6-3-4-1-2-5(8(12)13)9-7(4)10-6/h1-2H,3H2,(H,12,13)(H,9,10,11). The molecule has 1 amide bonds. The highest BCUT2D eigenvalue weighted by atomic mass is 16.4. The van der Waals surface area contributed by atoms with E-state index < -0.39 is 5.97 Å². The Balaban J connectivity index is 2.45. The summed E-state index contributed by atoms with van der Waals surface area (Å²) in [5, 5.41) is 11.1. The number of fused-ring (bicyclic) bond motifs is 1. The summed E-state index contributed by atoms with van der Waals surface area (Å²) in [6, 6.07) is 2.99. The fourth-order valence-corrected chi connectivity index (χ4v) is 1.21. The number of nitrogens with one attached hydrogen (secondary N) is 1. The summed E-state index contributed by atoms with van der Waals surface area (Å²) in [5.74, 6) is -0.876. The molecule has 0 saturated carbocycles. The average molecular weight is 178 g/mol. The van der Waals surface area contributed by atoms with E-state index >= 15 is 0 Å². The van der Waals surface area contributed by atoms with E-state index in [2.05, 4.69) is 10.3 Å². The van der Waals surface area contributed by atoms with Gasteiger partial charge in [-0.15, -0.1) is 0 Å². The number of hydrogen-bond donors (Lipinski definition) is 2. The number of carbonyl (C=O) groups excluding carboxylic acids is 1. The lowest BCUT2D eigenvalue weighted by Gasteiger charge is -1.97. The number of carboxylic acids is 1. The maximum Gasteiger partial charge on any atom is 0.354 e. The number of aromatic nitrogens is 1. The Bertz CT molecular complexity index is 400. The van der Waals surface area contributed by atoms with E-state index in [-0.39, 0.29) is 18.0 Å². The number of amides is 1. The van der Waals surface area contributed by atoms with Crippen molar-refractivity contribution >= 4 is 17.7 Å². The molecule has 0 aromatic carbocycles. The zero-order chi connectivity index (χ0) is 9.42. The maximum atomic E-state index is 10.9. The third kappa shape index (κ3) is 1.24. The molecule has 0 aliphatic carbocycles. The smallest absolute Gasteiger partial charge is 0.354 e. The quantitative estimate of drug-likeness (QED) is 0.647. The SMILES string of the molecule is O=C1Cc2ccc(C(=O)O)nc2N1. The summed E-state index contributed by atoms with van der Waals surface area (Å²) in [7, 11) is 0. The Morgan fingerprint density at radius 1 is 1.54 bits per heavy atom. The molecule has 0 unspecified atom stereocenters. The van der Waals surface area contributed by atoms with E-state index in [1.54, 1.807) is 6.07 Å². The molecular formula is C8H6N2O3. The number of aromatic carboxylic acids is 1. The van der Waals surface area contributed by atoms with Gasteiger partial charge in [-0.05, 0) is 6.07 Å². The van der Waals surface area contributed by atoms with Gasteiger partial charge in [0.25, 0.3) is 0 Å². The van der Waals surface area contributed by atoms with Crippen molar-refractivity contribution in [3.63, 3.8) is 0 Å². The van der Waals surface area contributed by atoms with E-state index in [9.17, 15) is 9.59 Å². The monoisotopic (exact) mass is 178 g/mol. The first-order valence-corrected chi connectivity index (χ1v) is 3.70. The molecule has 0 atom stereocenters. The lowest BCUT2D eigenvalue weighted by Crippen LogP contribution is -2.06. The van der Waals surface area contributed by atoms with Crippen LogP contribution in [-0.2, 0) is 11.2 Å². The van der Waals surface area contributed by atoms with Crippen molar-refractivity contribution in [3.8, 4) is 0 Å². The first-order chi connectivity index (χ1) is 6.16. The lowest BCUT2D eigenvalue weighted by atomic mass is 10.2. The topological polar surface area (TPSA) is 79.3 Å². The van der Waals surface area contributed by atoms with E-state index in [4.69, 9.17) is 5.11 Å². The number of rotatable bonds is 1. The number of nitrogens with zero attached hydrogens (tertiary/aromatic N) is 1. The second-order valence-electron chi connectivity index (χ2n) is 2.73. The van der Waals surface area contributed by atoms with Gasteiger partial charge < -0.3 is 10.4 Å². The van der Waals surface area contributed by atoms with E-state index in [0.717, 1.165) is 5.56 Å². The van der Waals surface area contributed by atoms with Crippen LogP contribution in [0.4, 0.5) is 5.82 Å². The molecule has 1 aromatic rings. The molecule has 0 radical (unpaired) electrons. The highest BCUT2D eigenvalue weighted by Crippen LogP contribution is 2.20. The summed E-state index contributed by atoms with van der Waals surface area (Å²) in [4.78, 5) is 25.2. The van der Waals surface area contributed by atoms with Gasteiger partial charge in [0, 0.05) is 5.56 Å². The molecule has 5 nitrogen and oxygen atoms in total. The minimum atomic E-state index is -1.09. The van der Waals surface area contributed by atoms with Gasteiger partial charge in [-0.25, -0.2) is 9.78 Å². The Kier molecular flexibility index (Phi) is 1.51. The molecule has 2 rings (SSSR count). The largest absolute Gasteiger partial charge is 0.477 e. The van der Waals surface area contributed by atoms with Crippen LogP contribution in [0.1, 0.15) is 16.1 Å². The summed E-state index contributed by atoms with van der Waals surface area (Å²) < 4.78 is 0. The molecule has 13 heavy (non-hydrogen) atoms. The molecule has 1 aliphatic heterocycles. The van der Waals surface area contributed by atoms with Crippen LogP contribution in [0.15, 0.2) is 12.1 Å². The summed E-state index contributed by atoms with van der Waals surface area (Å²) in [6.45, 7) is 0. The summed E-state index contributed by atoms with van der Waals surface area (Å²) in [5.41, 5.74) is 0.691. The predicted octanol–water partition coefficient (Wildman–Crippen LogP) is 0.274. The fourth-order valence-electron chi connectivity index (χ4n) is 1.21. The molecule has 2 N–H and O–H groups in total. The van der Waals surface area contributed by atoms with Crippen molar-refractivity contribution in [1.82, 2.24) is 4.98 Å². The van der Waals surface area contributed by atoms with E-state index in [1.807, 2.05) is 0 Å². The van der Waals surface area contributed by atoms with Crippen molar-refractivity contribution in [1.29, 1.82) is 0 Å². The van der Waals surface area contributed by atoms with Gasteiger partial charge >= 0.3 is 5.97 Å². The summed E-state index contributed by atoms with van der Waals surface area (Å²) >= 11 is 0. The minimum Gasteiger partial charge on any atom is -0.477 e. The zero-order valence-corrected chi connectivity index (χ0v) is 6.57. The predicted molar refractivity (Wildman–Crippen MR) is 43.5 cm³/mol. The van der Waals surface area contributed by atoms with Crippen LogP contribution in [0.3, 0.4) is 0 Å². The van der Waals surface area contributed by atoms with Crippen molar-refractivity contribution in [2.75, 3.05) is 5.32 Å². The van der Waals surface area contributed by atoms with Gasteiger partial charge in [0.1, 0.15) is 5.82 Å². The molecule has 0 spiro atoms. The Morgan fingerprint density at radius 3 is 3.00 bits per heavy atom. The highest BCUT2D eigenvalue weighted by Gasteiger charge is 2.20. The van der Waals surface area contributed by atoms with Gasteiger partial charge in [0.05, 0.1) is 6.42 Å². The maximum absolute atomic E-state index is 10.9. The summed E-state index contributed by atoms with van der Waals surface area (Å²) in [6.07, 6.45) is 0.280. The number of anilines is 1. The fraction of sp³-hybridized carbons (Fsp3) is 0.125. The molecule has 0 saturated heterocycles.